The maximum absolute atomic E-state index is 12.7. The Labute approximate surface area is 386 Å². The molecule has 2 unspecified atom stereocenters. The summed E-state index contributed by atoms with van der Waals surface area (Å²) in [6.45, 7) is 5.02. The van der Waals surface area contributed by atoms with Crippen LogP contribution in [0, 0.1) is 0 Å². The molecule has 372 valence electrons. The summed E-state index contributed by atoms with van der Waals surface area (Å²) in [5.41, 5.74) is 5.40. The van der Waals surface area contributed by atoms with Gasteiger partial charge < -0.3 is 20.1 Å². The standard InChI is InChI=1S/C53H108NO7P/c1-3-5-7-9-11-13-15-17-19-21-23-25-26-28-30-32-34-36-38-40-42-44-46-53(55)61-52(51-60-62(56,57)59-49-47-54)50-58-48-45-43-41-39-37-35-33-31-29-27-24-22-20-18-16-14-12-10-8-6-4-2/h52H,3-51,54H2,1-2H3,(H,56,57). The van der Waals surface area contributed by atoms with E-state index in [2.05, 4.69) is 13.8 Å². The van der Waals surface area contributed by atoms with Crippen LogP contribution in [0.4, 0.5) is 0 Å². The number of carbonyl (C=O) groups is 1. The summed E-state index contributed by atoms with van der Waals surface area (Å²) in [6.07, 6.45) is 57.2. The normalized spacial score (nSPS) is 13.2. The molecule has 0 amide bonds. The van der Waals surface area contributed by atoms with E-state index in [1.165, 1.54) is 244 Å². The summed E-state index contributed by atoms with van der Waals surface area (Å²) in [7, 11) is -4.28. The zero-order valence-electron chi connectivity index (χ0n) is 41.6. The smallest absolute Gasteiger partial charge is 0.457 e. The zero-order valence-corrected chi connectivity index (χ0v) is 42.5. The van der Waals surface area contributed by atoms with Gasteiger partial charge in [-0.15, -0.1) is 0 Å². The molecule has 2 atom stereocenters. The molecular weight excluding hydrogens is 794 g/mol. The molecule has 0 aromatic rings. The van der Waals surface area contributed by atoms with Crippen LogP contribution in [0.5, 0.6) is 0 Å². The average Bonchev–Trinajstić information content (AvgIpc) is 3.26. The molecule has 62 heavy (non-hydrogen) atoms. The van der Waals surface area contributed by atoms with Crippen molar-refractivity contribution in [2.45, 2.75) is 302 Å². The zero-order chi connectivity index (χ0) is 45.1. The van der Waals surface area contributed by atoms with E-state index in [4.69, 9.17) is 24.3 Å². The van der Waals surface area contributed by atoms with Crippen LogP contribution in [0.15, 0.2) is 0 Å². The number of phosphoric acid groups is 1. The van der Waals surface area contributed by atoms with Gasteiger partial charge in [0.05, 0.1) is 19.8 Å². The number of rotatable bonds is 54. The molecule has 0 saturated carbocycles. The predicted octanol–water partition coefficient (Wildman–Crippen LogP) is 17.2. The second kappa shape index (κ2) is 51.5. The van der Waals surface area contributed by atoms with Gasteiger partial charge in [-0.25, -0.2) is 4.57 Å². The molecular formula is C53H108NO7P. The molecule has 3 N–H and O–H groups in total. The summed E-state index contributed by atoms with van der Waals surface area (Å²) >= 11 is 0. The Morgan fingerprint density at radius 2 is 0.710 bits per heavy atom. The Kier molecular flexibility index (Phi) is 51.1. The first-order valence-corrected chi connectivity index (χ1v) is 29.0. The van der Waals surface area contributed by atoms with Crippen LogP contribution < -0.4 is 5.73 Å². The second-order valence-corrected chi connectivity index (χ2v) is 20.3. The number of esters is 1. The first kappa shape index (κ1) is 61.5. The van der Waals surface area contributed by atoms with E-state index in [0.717, 1.165) is 32.1 Å². The summed E-state index contributed by atoms with van der Waals surface area (Å²) in [6, 6.07) is 0. The van der Waals surface area contributed by atoms with Crippen LogP contribution in [0.2, 0.25) is 0 Å². The summed E-state index contributed by atoms with van der Waals surface area (Å²) in [5.74, 6) is -0.319. The van der Waals surface area contributed by atoms with Gasteiger partial charge in [0.2, 0.25) is 0 Å². The van der Waals surface area contributed by atoms with Crippen LogP contribution in [0.3, 0.4) is 0 Å². The number of carbonyl (C=O) groups excluding carboxylic acids is 1. The Balaban J connectivity index is 3.84. The molecule has 0 aromatic carbocycles. The van der Waals surface area contributed by atoms with Gasteiger partial charge in [0.15, 0.2) is 0 Å². The van der Waals surface area contributed by atoms with Crippen molar-refractivity contribution in [1.82, 2.24) is 0 Å². The van der Waals surface area contributed by atoms with Crippen molar-refractivity contribution in [2.24, 2.45) is 5.73 Å². The minimum absolute atomic E-state index is 0.0896. The highest BCUT2D eigenvalue weighted by Gasteiger charge is 2.25. The first-order valence-electron chi connectivity index (χ1n) is 27.5. The molecule has 0 aliphatic rings. The Hall–Kier alpha value is -0.500. The average molecular weight is 902 g/mol. The van der Waals surface area contributed by atoms with Crippen LogP contribution >= 0.6 is 7.82 Å². The molecule has 0 radical (unpaired) electrons. The van der Waals surface area contributed by atoms with Crippen molar-refractivity contribution in [2.75, 3.05) is 33.0 Å². The highest BCUT2D eigenvalue weighted by molar-refractivity contribution is 7.47. The number of ether oxygens (including phenoxy) is 2. The summed E-state index contributed by atoms with van der Waals surface area (Å²) in [5, 5.41) is 0. The lowest BCUT2D eigenvalue weighted by Gasteiger charge is -2.20. The number of phosphoric ester groups is 1. The molecule has 0 aliphatic carbocycles. The van der Waals surface area contributed by atoms with Crippen molar-refractivity contribution < 1.29 is 32.8 Å². The van der Waals surface area contributed by atoms with Crippen LogP contribution in [-0.2, 0) is 27.9 Å². The molecule has 0 fully saturated rings. The van der Waals surface area contributed by atoms with Gasteiger partial charge in [0.1, 0.15) is 6.10 Å². The van der Waals surface area contributed by atoms with Crippen LogP contribution in [0.1, 0.15) is 296 Å². The number of unbranched alkanes of at least 4 members (excludes halogenated alkanes) is 41. The van der Waals surface area contributed by atoms with Gasteiger partial charge in [0.25, 0.3) is 0 Å². The van der Waals surface area contributed by atoms with Gasteiger partial charge in [-0.05, 0) is 12.8 Å². The third kappa shape index (κ3) is 50.5. The van der Waals surface area contributed by atoms with E-state index in [0.29, 0.717) is 13.0 Å². The quantitative estimate of drug-likeness (QED) is 0.0352. The number of hydrogen-bond acceptors (Lipinski definition) is 7. The maximum atomic E-state index is 12.7. The fourth-order valence-corrected chi connectivity index (χ4v) is 9.24. The molecule has 9 heteroatoms. The molecule has 0 spiro atoms. The number of nitrogens with two attached hydrogens (primary N) is 1. The Morgan fingerprint density at radius 3 is 1.02 bits per heavy atom. The van der Waals surface area contributed by atoms with Gasteiger partial charge >= 0.3 is 13.8 Å². The molecule has 0 aromatic heterocycles. The minimum atomic E-state index is -4.28. The fourth-order valence-electron chi connectivity index (χ4n) is 8.47. The molecule has 8 nitrogen and oxygen atoms in total. The van der Waals surface area contributed by atoms with Crippen LogP contribution in [0.25, 0.3) is 0 Å². The fraction of sp³-hybridized carbons (Fsp3) is 0.981. The van der Waals surface area contributed by atoms with E-state index in [1.54, 1.807) is 0 Å². The molecule has 0 heterocycles. The monoisotopic (exact) mass is 902 g/mol. The Bertz CT molecular complexity index is 924. The van der Waals surface area contributed by atoms with E-state index >= 15 is 0 Å². The van der Waals surface area contributed by atoms with E-state index < -0.39 is 13.9 Å². The molecule has 0 aliphatic heterocycles. The second-order valence-electron chi connectivity index (χ2n) is 18.8. The molecule has 0 bridgehead atoms. The lowest BCUT2D eigenvalue weighted by atomic mass is 10.0. The summed E-state index contributed by atoms with van der Waals surface area (Å²) in [4.78, 5) is 22.6. The third-order valence-electron chi connectivity index (χ3n) is 12.5. The number of hydrogen-bond donors (Lipinski definition) is 2. The largest absolute Gasteiger partial charge is 0.472 e. The molecule has 0 saturated heterocycles. The topological polar surface area (TPSA) is 117 Å². The lowest BCUT2D eigenvalue weighted by molar-refractivity contribution is -0.154. The van der Waals surface area contributed by atoms with Crippen molar-refractivity contribution in [3.05, 3.63) is 0 Å². The van der Waals surface area contributed by atoms with E-state index in [-0.39, 0.29) is 32.3 Å². The van der Waals surface area contributed by atoms with Gasteiger partial charge in [0, 0.05) is 19.6 Å². The van der Waals surface area contributed by atoms with Gasteiger partial charge in [-0.3, -0.25) is 13.8 Å². The Morgan fingerprint density at radius 1 is 0.419 bits per heavy atom. The van der Waals surface area contributed by atoms with Crippen molar-refractivity contribution in [1.29, 1.82) is 0 Å². The maximum Gasteiger partial charge on any atom is 0.472 e. The van der Waals surface area contributed by atoms with Gasteiger partial charge in [-0.1, -0.05) is 277 Å². The SMILES string of the molecule is CCCCCCCCCCCCCCCCCCCCCCCCC(=O)OC(COCCCCCCCCCCCCCCCCCCCCCCC)COP(=O)(O)OCCN. The minimum Gasteiger partial charge on any atom is -0.457 e. The van der Waals surface area contributed by atoms with Crippen LogP contribution in [-0.4, -0.2) is 49.9 Å². The van der Waals surface area contributed by atoms with Gasteiger partial charge in [-0.2, -0.15) is 0 Å². The van der Waals surface area contributed by atoms with E-state index in [9.17, 15) is 14.3 Å². The third-order valence-corrected chi connectivity index (χ3v) is 13.5. The highest BCUT2D eigenvalue weighted by Crippen LogP contribution is 2.43. The lowest BCUT2D eigenvalue weighted by Crippen LogP contribution is -2.28. The van der Waals surface area contributed by atoms with Crippen molar-refractivity contribution in [3.8, 4) is 0 Å². The van der Waals surface area contributed by atoms with Crippen molar-refractivity contribution >= 4 is 13.8 Å². The first-order chi connectivity index (χ1) is 30.4. The van der Waals surface area contributed by atoms with E-state index in [1.807, 2.05) is 0 Å². The summed E-state index contributed by atoms with van der Waals surface area (Å²) < 4.78 is 33.7. The molecule has 0 rings (SSSR count). The highest BCUT2D eigenvalue weighted by atomic mass is 31.2. The predicted molar refractivity (Wildman–Crippen MR) is 266 cm³/mol. The van der Waals surface area contributed by atoms with Crippen molar-refractivity contribution in [3.63, 3.8) is 0 Å².